The van der Waals surface area contributed by atoms with Crippen molar-refractivity contribution in [2.24, 2.45) is 11.3 Å². The number of amides is 2. The smallest absolute Gasteiger partial charge is 0.236 e. The molecule has 2 atom stereocenters. The van der Waals surface area contributed by atoms with Gasteiger partial charge in [0, 0.05) is 6.42 Å². The molecule has 0 radical (unpaired) electrons. The fourth-order valence-corrected chi connectivity index (χ4v) is 2.64. The Morgan fingerprint density at radius 1 is 1.25 bits per heavy atom. The van der Waals surface area contributed by atoms with Crippen molar-refractivity contribution in [3.05, 3.63) is 35.9 Å². The van der Waals surface area contributed by atoms with Crippen molar-refractivity contribution < 1.29 is 14.7 Å². The Morgan fingerprint density at radius 3 is 2.30 bits per heavy atom. The van der Waals surface area contributed by atoms with Gasteiger partial charge in [-0.1, -0.05) is 44.2 Å². The number of hydrogen-bond acceptors (Lipinski definition) is 3. The highest BCUT2D eigenvalue weighted by Gasteiger charge is 2.52. The lowest BCUT2D eigenvalue weighted by atomic mass is 9.78. The molecule has 1 aliphatic rings. The van der Waals surface area contributed by atoms with Crippen molar-refractivity contribution in [1.82, 2.24) is 4.90 Å². The number of carbonyl (C=O) groups is 2. The molecule has 20 heavy (non-hydrogen) atoms. The van der Waals surface area contributed by atoms with E-state index in [0.29, 0.717) is 0 Å². The van der Waals surface area contributed by atoms with Gasteiger partial charge in [-0.25, -0.2) is 0 Å². The molecule has 2 amide bonds. The van der Waals surface area contributed by atoms with Gasteiger partial charge in [0.15, 0.2) is 0 Å². The van der Waals surface area contributed by atoms with Gasteiger partial charge in [-0.2, -0.15) is 0 Å². The molecule has 0 aliphatic carbocycles. The lowest BCUT2D eigenvalue weighted by molar-refractivity contribution is -0.146. The molecule has 1 unspecified atom stereocenters. The first-order valence-electron chi connectivity index (χ1n) is 6.94. The standard InChI is InChI=1S/C16H21NO3/c1-11(2)16(3)9-14(19)17(15(16)20)13(10-18)12-7-5-4-6-8-12/h4-8,11,13,18H,9-10H2,1-3H3/t13-,16?/m0/s1. The highest BCUT2D eigenvalue weighted by Crippen LogP contribution is 2.42. The molecule has 1 fully saturated rings. The van der Waals surface area contributed by atoms with Crippen LogP contribution in [0.1, 0.15) is 38.8 Å². The minimum atomic E-state index is -0.667. The van der Waals surface area contributed by atoms with Crippen LogP contribution in [0.5, 0.6) is 0 Å². The fourth-order valence-electron chi connectivity index (χ4n) is 2.64. The number of imide groups is 1. The molecule has 0 spiro atoms. The number of rotatable bonds is 4. The van der Waals surface area contributed by atoms with Crippen LogP contribution < -0.4 is 0 Å². The molecule has 1 aromatic carbocycles. The summed E-state index contributed by atoms with van der Waals surface area (Å²) in [4.78, 5) is 26.2. The summed E-state index contributed by atoms with van der Waals surface area (Å²) in [7, 11) is 0. The third-order valence-electron chi connectivity index (χ3n) is 4.44. The minimum absolute atomic E-state index is 0.0825. The third-order valence-corrected chi connectivity index (χ3v) is 4.44. The number of aliphatic hydroxyl groups excluding tert-OH is 1. The molecule has 4 heteroatoms. The van der Waals surface area contributed by atoms with Crippen molar-refractivity contribution in [3.8, 4) is 0 Å². The summed E-state index contributed by atoms with van der Waals surface area (Å²) in [5.41, 5.74) is 0.115. The van der Waals surface area contributed by atoms with E-state index in [2.05, 4.69) is 0 Å². The predicted molar refractivity (Wildman–Crippen MR) is 75.7 cm³/mol. The maximum Gasteiger partial charge on any atom is 0.236 e. The zero-order valence-electron chi connectivity index (χ0n) is 12.2. The molecule has 4 nitrogen and oxygen atoms in total. The van der Waals surface area contributed by atoms with Crippen molar-refractivity contribution >= 4 is 11.8 Å². The Bertz CT molecular complexity index is 512. The fraction of sp³-hybridized carbons (Fsp3) is 0.500. The van der Waals surface area contributed by atoms with Crippen molar-refractivity contribution in [2.75, 3.05) is 6.61 Å². The van der Waals surface area contributed by atoms with Gasteiger partial charge in [-0.3, -0.25) is 14.5 Å². The van der Waals surface area contributed by atoms with E-state index in [1.165, 1.54) is 4.90 Å². The molecule has 1 saturated heterocycles. The summed E-state index contributed by atoms with van der Waals surface area (Å²) < 4.78 is 0. The van der Waals surface area contributed by atoms with Gasteiger partial charge < -0.3 is 5.11 Å². The Morgan fingerprint density at radius 2 is 1.85 bits per heavy atom. The largest absolute Gasteiger partial charge is 0.394 e. The third kappa shape index (κ3) is 2.24. The number of likely N-dealkylation sites (tertiary alicyclic amines) is 1. The van der Waals surface area contributed by atoms with Gasteiger partial charge in [-0.05, 0) is 18.4 Å². The average Bonchev–Trinajstić information content (AvgIpc) is 2.66. The average molecular weight is 275 g/mol. The van der Waals surface area contributed by atoms with E-state index in [4.69, 9.17) is 0 Å². The Kier molecular flexibility index (Phi) is 3.95. The Hall–Kier alpha value is -1.68. The number of nitrogens with zero attached hydrogens (tertiary/aromatic N) is 1. The van der Waals surface area contributed by atoms with Crippen LogP contribution in [-0.2, 0) is 9.59 Å². The zero-order valence-corrected chi connectivity index (χ0v) is 12.2. The van der Waals surface area contributed by atoms with Crippen molar-refractivity contribution in [2.45, 2.75) is 33.2 Å². The second-order valence-corrected chi connectivity index (χ2v) is 5.93. The van der Waals surface area contributed by atoms with Crippen LogP contribution in [0.3, 0.4) is 0 Å². The van der Waals surface area contributed by atoms with Crippen LogP contribution in [-0.4, -0.2) is 28.4 Å². The molecule has 1 heterocycles. The lowest BCUT2D eigenvalue weighted by Crippen LogP contribution is -2.40. The summed E-state index contributed by atoms with van der Waals surface area (Å²) in [5.74, 6) is -0.298. The molecule has 2 rings (SSSR count). The molecule has 0 saturated carbocycles. The first-order chi connectivity index (χ1) is 9.41. The summed E-state index contributed by atoms with van der Waals surface area (Å²) in [6.07, 6.45) is 0.215. The Labute approximate surface area is 119 Å². The lowest BCUT2D eigenvalue weighted by Gasteiger charge is -2.29. The maximum absolute atomic E-state index is 12.6. The quantitative estimate of drug-likeness (QED) is 0.856. The van der Waals surface area contributed by atoms with E-state index in [0.717, 1.165) is 5.56 Å². The molecule has 1 N–H and O–H groups in total. The van der Waals surface area contributed by atoms with Crippen molar-refractivity contribution in [1.29, 1.82) is 0 Å². The molecular weight excluding hydrogens is 254 g/mol. The maximum atomic E-state index is 12.6. The first kappa shape index (κ1) is 14.7. The summed E-state index contributed by atoms with van der Waals surface area (Å²) >= 11 is 0. The molecule has 108 valence electrons. The second-order valence-electron chi connectivity index (χ2n) is 5.93. The number of aliphatic hydroxyl groups is 1. The number of carbonyl (C=O) groups excluding carboxylic acids is 2. The molecule has 0 bridgehead atoms. The van der Waals surface area contributed by atoms with E-state index >= 15 is 0 Å². The molecular formula is C16H21NO3. The van der Waals surface area contributed by atoms with Gasteiger partial charge in [0.1, 0.15) is 0 Å². The first-order valence-corrected chi connectivity index (χ1v) is 6.94. The van der Waals surface area contributed by atoms with Gasteiger partial charge in [0.05, 0.1) is 18.1 Å². The number of benzene rings is 1. The SMILES string of the molecule is CC(C)C1(C)CC(=O)N([C@@H](CO)c2ccccc2)C1=O. The van der Waals surface area contributed by atoms with E-state index in [9.17, 15) is 14.7 Å². The molecule has 1 aliphatic heterocycles. The van der Waals surface area contributed by atoms with Gasteiger partial charge in [-0.15, -0.1) is 0 Å². The van der Waals surface area contributed by atoms with Crippen molar-refractivity contribution in [3.63, 3.8) is 0 Å². The van der Waals surface area contributed by atoms with Gasteiger partial charge in [0.25, 0.3) is 0 Å². The van der Waals surface area contributed by atoms with E-state index in [1.807, 2.05) is 51.1 Å². The van der Waals surface area contributed by atoms with E-state index < -0.39 is 11.5 Å². The topological polar surface area (TPSA) is 57.6 Å². The highest BCUT2D eigenvalue weighted by atomic mass is 16.3. The van der Waals surface area contributed by atoms with E-state index in [1.54, 1.807) is 0 Å². The Balaban J connectivity index is 2.37. The summed E-state index contributed by atoms with van der Waals surface area (Å²) in [6, 6.07) is 8.61. The summed E-state index contributed by atoms with van der Waals surface area (Å²) in [6.45, 7) is 5.48. The minimum Gasteiger partial charge on any atom is -0.394 e. The zero-order chi connectivity index (χ0) is 14.9. The van der Waals surface area contributed by atoms with Crippen LogP contribution >= 0.6 is 0 Å². The van der Waals surface area contributed by atoms with Crippen LogP contribution in [0.4, 0.5) is 0 Å². The van der Waals surface area contributed by atoms with Crippen LogP contribution in [0.25, 0.3) is 0 Å². The highest BCUT2D eigenvalue weighted by molar-refractivity contribution is 6.06. The van der Waals surface area contributed by atoms with Gasteiger partial charge in [0.2, 0.25) is 11.8 Å². The number of hydrogen-bond donors (Lipinski definition) is 1. The predicted octanol–water partition coefficient (Wildman–Crippen LogP) is 2.14. The normalized spacial score (nSPS) is 24.6. The van der Waals surface area contributed by atoms with Crippen LogP contribution in [0.15, 0.2) is 30.3 Å². The molecule has 0 aromatic heterocycles. The molecule has 1 aromatic rings. The van der Waals surface area contributed by atoms with E-state index in [-0.39, 0.29) is 30.8 Å². The second kappa shape index (κ2) is 5.37. The monoisotopic (exact) mass is 275 g/mol. The van der Waals surface area contributed by atoms with Gasteiger partial charge >= 0.3 is 0 Å². The van der Waals surface area contributed by atoms with Crippen LogP contribution in [0.2, 0.25) is 0 Å². The summed E-state index contributed by atoms with van der Waals surface area (Å²) in [5, 5.41) is 9.64. The van der Waals surface area contributed by atoms with Crippen LogP contribution in [0, 0.1) is 11.3 Å².